The van der Waals surface area contributed by atoms with Gasteiger partial charge >= 0.3 is 6.18 Å². The van der Waals surface area contributed by atoms with Gasteiger partial charge in [0.2, 0.25) is 15.9 Å². The molecule has 5 nitrogen and oxygen atoms in total. The number of nitrogens with zero attached hydrogens (tertiary/aromatic N) is 1. The van der Waals surface area contributed by atoms with Crippen molar-refractivity contribution in [1.29, 1.82) is 0 Å². The molecule has 1 fully saturated rings. The number of piperidine rings is 1. The topological polar surface area (TPSA) is 66.5 Å². The molecule has 30 heavy (non-hydrogen) atoms. The minimum atomic E-state index is -4.60. The largest absolute Gasteiger partial charge is 0.418 e. The molecule has 3 rings (SSSR count). The number of nitrogens with one attached hydrogen (secondary N) is 1. The Kier molecular flexibility index (Phi) is 6.47. The standard InChI is InChI=1S/C20H20F4N2O3S/c21-17-7-3-1-5-15(17)13-30(28,29)26-11-9-14(10-12-26)19(27)25-18-8-4-2-6-16(18)20(22,23)24/h1-8,14H,9-13H2,(H,25,27). The molecule has 2 aromatic carbocycles. The monoisotopic (exact) mass is 444 g/mol. The van der Waals surface area contributed by atoms with E-state index in [1.54, 1.807) is 6.07 Å². The summed E-state index contributed by atoms with van der Waals surface area (Å²) in [7, 11) is -3.78. The zero-order valence-corrected chi connectivity index (χ0v) is 16.6. The number of hydrogen-bond acceptors (Lipinski definition) is 3. The molecule has 1 heterocycles. The van der Waals surface area contributed by atoms with E-state index in [9.17, 15) is 30.8 Å². The number of halogens is 4. The molecule has 0 spiro atoms. The van der Waals surface area contributed by atoms with Gasteiger partial charge in [0.1, 0.15) is 5.82 Å². The van der Waals surface area contributed by atoms with Crippen LogP contribution >= 0.6 is 0 Å². The van der Waals surface area contributed by atoms with Crippen LogP contribution in [0.4, 0.5) is 23.2 Å². The minimum absolute atomic E-state index is 0.0375. The van der Waals surface area contributed by atoms with Crippen LogP contribution < -0.4 is 5.32 Å². The second-order valence-corrected chi connectivity index (χ2v) is 9.02. The first kappa shape index (κ1) is 22.2. The quantitative estimate of drug-likeness (QED) is 0.709. The highest BCUT2D eigenvalue weighted by molar-refractivity contribution is 7.88. The van der Waals surface area contributed by atoms with Crippen LogP contribution in [0.2, 0.25) is 0 Å². The number of rotatable bonds is 5. The third kappa shape index (κ3) is 5.17. The Balaban J connectivity index is 1.62. The van der Waals surface area contributed by atoms with Crippen LogP contribution in [-0.4, -0.2) is 31.7 Å². The second kappa shape index (κ2) is 8.73. The third-order valence-corrected chi connectivity index (χ3v) is 6.83. The van der Waals surface area contributed by atoms with Crippen LogP contribution in [0.25, 0.3) is 0 Å². The Morgan fingerprint density at radius 2 is 1.63 bits per heavy atom. The predicted octanol–water partition coefficient (Wildman–Crippen LogP) is 4.03. The van der Waals surface area contributed by atoms with E-state index in [0.29, 0.717) is 0 Å². The Labute approximate surface area is 171 Å². The maximum absolute atomic E-state index is 13.8. The molecule has 0 aromatic heterocycles. The molecule has 1 aliphatic rings. The summed E-state index contributed by atoms with van der Waals surface area (Å²) in [5, 5.41) is 2.31. The molecule has 1 saturated heterocycles. The Hall–Kier alpha value is -2.46. The van der Waals surface area contributed by atoms with Crippen LogP contribution in [0.1, 0.15) is 24.0 Å². The van der Waals surface area contributed by atoms with E-state index in [0.717, 1.165) is 6.07 Å². The number of hydrogen-bond donors (Lipinski definition) is 1. The van der Waals surface area contributed by atoms with Crippen LogP contribution in [0.3, 0.4) is 0 Å². The highest BCUT2D eigenvalue weighted by Crippen LogP contribution is 2.35. The van der Waals surface area contributed by atoms with Crippen molar-refractivity contribution in [3.05, 3.63) is 65.5 Å². The summed E-state index contributed by atoms with van der Waals surface area (Å²) in [6.07, 6.45) is -4.28. The summed E-state index contributed by atoms with van der Waals surface area (Å²) in [5.41, 5.74) is -1.21. The van der Waals surface area contributed by atoms with Gasteiger partial charge in [0.05, 0.1) is 17.0 Å². The first-order valence-corrected chi connectivity index (χ1v) is 10.9. The van der Waals surface area contributed by atoms with Crippen LogP contribution in [0.15, 0.2) is 48.5 Å². The number of carbonyl (C=O) groups is 1. The number of sulfonamides is 1. The molecule has 0 saturated carbocycles. The van der Waals surface area contributed by atoms with Gasteiger partial charge in [0.25, 0.3) is 0 Å². The maximum atomic E-state index is 13.8. The van der Waals surface area contributed by atoms with Crippen molar-refractivity contribution in [2.75, 3.05) is 18.4 Å². The molecule has 1 amide bonds. The fourth-order valence-corrected chi connectivity index (χ4v) is 4.95. The van der Waals surface area contributed by atoms with Gasteiger partial charge in [-0.05, 0) is 31.0 Å². The van der Waals surface area contributed by atoms with Gasteiger partial charge in [-0.1, -0.05) is 30.3 Å². The molecule has 162 valence electrons. The van der Waals surface area contributed by atoms with Gasteiger partial charge in [-0.3, -0.25) is 4.79 Å². The minimum Gasteiger partial charge on any atom is -0.325 e. The van der Waals surface area contributed by atoms with Crippen molar-refractivity contribution in [3.63, 3.8) is 0 Å². The normalized spacial score (nSPS) is 16.4. The van der Waals surface area contributed by atoms with E-state index in [-0.39, 0.29) is 37.2 Å². The molecule has 0 bridgehead atoms. The molecule has 2 aromatic rings. The van der Waals surface area contributed by atoms with Gasteiger partial charge < -0.3 is 5.32 Å². The van der Waals surface area contributed by atoms with Crippen LogP contribution in [0, 0.1) is 11.7 Å². The summed E-state index contributed by atoms with van der Waals surface area (Å²) in [4.78, 5) is 12.4. The zero-order chi connectivity index (χ0) is 21.9. The predicted molar refractivity (Wildman–Crippen MR) is 103 cm³/mol. The van der Waals surface area contributed by atoms with Crippen LogP contribution in [-0.2, 0) is 26.7 Å². The first-order valence-electron chi connectivity index (χ1n) is 9.26. The van der Waals surface area contributed by atoms with Crippen molar-refractivity contribution >= 4 is 21.6 Å². The zero-order valence-electron chi connectivity index (χ0n) is 15.8. The number of carbonyl (C=O) groups excluding carboxylic acids is 1. The second-order valence-electron chi connectivity index (χ2n) is 7.05. The van der Waals surface area contributed by atoms with Gasteiger partial charge in [-0.2, -0.15) is 13.2 Å². The Morgan fingerprint density at radius 3 is 2.27 bits per heavy atom. The number of anilines is 1. The fourth-order valence-electron chi connectivity index (χ4n) is 3.37. The van der Waals surface area contributed by atoms with Crippen molar-refractivity contribution in [2.24, 2.45) is 5.92 Å². The van der Waals surface area contributed by atoms with Crippen molar-refractivity contribution in [3.8, 4) is 0 Å². The molecular formula is C20H20F4N2O3S. The summed E-state index contributed by atoms with van der Waals surface area (Å²) in [6, 6.07) is 10.3. The number of para-hydroxylation sites is 1. The van der Waals surface area contributed by atoms with E-state index in [1.165, 1.54) is 40.7 Å². The lowest BCUT2D eigenvalue weighted by Crippen LogP contribution is -2.42. The highest BCUT2D eigenvalue weighted by Gasteiger charge is 2.35. The Bertz CT molecular complexity index is 1020. The van der Waals surface area contributed by atoms with E-state index in [2.05, 4.69) is 5.32 Å². The summed E-state index contributed by atoms with van der Waals surface area (Å²) in [6.45, 7) is 0.0750. The van der Waals surface area contributed by atoms with E-state index in [4.69, 9.17) is 0 Å². The third-order valence-electron chi connectivity index (χ3n) is 5.00. The molecule has 0 radical (unpaired) electrons. The van der Waals surface area contributed by atoms with Crippen molar-refractivity contribution in [1.82, 2.24) is 4.31 Å². The van der Waals surface area contributed by atoms with Gasteiger partial charge in [-0.25, -0.2) is 17.1 Å². The highest BCUT2D eigenvalue weighted by atomic mass is 32.2. The number of benzene rings is 2. The summed E-state index contributed by atoms with van der Waals surface area (Å²) in [5.74, 6) is -2.31. The average Bonchev–Trinajstić information content (AvgIpc) is 2.69. The molecule has 0 unspecified atom stereocenters. The van der Waals surface area contributed by atoms with Gasteiger partial charge in [0.15, 0.2) is 0 Å². The molecule has 1 aliphatic heterocycles. The lowest BCUT2D eigenvalue weighted by atomic mass is 9.97. The maximum Gasteiger partial charge on any atom is 0.418 e. The lowest BCUT2D eigenvalue weighted by Gasteiger charge is -2.30. The summed E-state index contributed by atoms with van der Waals surface area (Å²) >= 11 is 0. The van der Waals surface area contributed by atoms with Crippen molar-refractivity contribution < 1.29 is 30.8 Å². The van der Waals surface area contributed by atoms with E-state index < -0.39 is 45.2 Å². The molecular weight excluding hydrogens is 424 g/mol. The van der Waals surface area contributed by atoms with Gasteiger partial charge in [-0.15, -0.1) is 0 Å². The number of amides is 1. The smallest absolute Gasteiger partial charge is 0.325 e. The molecule has 0 atom stereocenters. The van der Waals surface area contributed by atoms with E-state index in [1.807, 2.05) is 0 Å². The van der Waals surface area contributed by atoms with E-state index >= 15 is 0 Å². The lowest BCUT2D eigenvalue weighted by molar-refractivity contribution is -0.137. The average molecular weight is 444 g/mol. The Morgan fingerprint density at radius 1 is 1.03 bits per heavy atom. The van der Waals surface area contributed by atoms with Gasteiger partial charge in [0, 0.05) is 24.6 Å². The molecule has 10 heteroatoms. The molecule has 0 aliphatic carbocycles. The molecule has 1 N–H and O–H groups in total. The number of alkyl halides is 3. The SMILES string of the molecule is O=C(Nc1ccccc1C(F)(F)F)C1CCN(S(=O)(=O)Cc2ccccc2F)CC1. The fraction of sp³-hybridized carbons (Fsp3) is 0.350. The first-order chi connectivity index (χ1) is 14.1. The van der Waals surface area contributed by atoms with Crippen molar-refractivity contribution in [2.45, 2.75) is 24.8 Å². The van der Waals surface area contributed by atoms with Crippen LogP contribution in [0.5, 0.6) is 0 Å². The summed E-state index contributed by atoms with van der Waals surface area (Å²) < 4.78 is 79.3.